The summed E-state index contributed by atoms with van der Waals surface area (Å²) in [4.78, 5) is 24.6. The van der Waals surface area contributed by atoms with E-state index in [1.54, 1.807) is 24.7 Å². The number of aryl methyl sites for hydroxylation is 1. The Balaban J connectivity index is 2.17. The van der Waals surface area contributed by atoms with Gasteiger partial charge in [-0.05, 0) is 25.5 Å². The summed E-state index contributed by atoms with van der Waals surface area (Å²) in [6.07, 6.45) is 0.679. The molecular weight excluding hydrogens is 356 g/mol. The molecule has 3 aromatic rings. The van der Waals surface area contributed by atoms with Crippen molar-refractivity contribution in [1.29, 1.82) is 0 Å². The first-order valence-electron chi connectivity index (χ1n) is 8.18. The zero-order valence-electron chi connectivity index (χ0n) is 14.8. The van der Waals surface area contributed by atoms with Crippen LogP contribution in [0, 0.1) is 0 Å². The molecular formula is C17H20N4O4S. The van der Waals surface area contributed by atoms with Crippen LogP contribution in [0.3, 0.4) is 0 Å². The molecule has 0 saturated carbocycles. The van der Waals surface area contributed by atoms with Gasteiger partial charge in [-0.25, -0.2) is 0 Å². The van der Waals surface area contributed by atoms with Crippen molar-refractivity contribution in [3.8, 4) is 0 Å². The van der Waals surface area contributed by atoms with Crippen LogP contribution in [0.4, 0.5) is 0 Å². The lowest BCUT2D eigenvalue weighted by Crippen LogP contribution is -2.24. The molecule has 1 atom stereocenters. The molecule has 8 nitrogen and oxygen atoms in total. The van der Waals surface area contributed by atoms with Gasteiger partial charge in [0.1, 0.15) is 5.25 Å². The fourth-order valence-corrected chi connectivity index (χ4v) is 3.63. The molecule has 0 aliphatic rings. The van der Waals surface area contributed by atoms with E-state index in [2.05, 4.69) is 10.2 Å². The quantitative estimate of drug-likeness (QED) is 0.352. The van der Waals surface area contributed by atoms with Crippen molar-refractivity contribution in [2.45, 2.75) is 30.3 Å². The lowest BCUT2D eigenvalue weighted by Gasteiger charge is -2.12. The zero-order valence-corrected chi connectivity index (χ0v) is 15.7. The summed E-state index contributed by atoms with van der Waals surface area (Å²) in [6, 6.07) is 7.31. The van der Waals surface area contributed by atoms with Crippen LogP contribution in [-0.4, -0.2) is 51.2 Å². The first-order chi connectivity index (χ1) is 12.6. The van der Waals surface area contributed by atoms with E-state index < -0.39 is 5.25 Å². The van der Waals surface area contributed by atoms with Crippen molar-refractivity contribution in [3.05, 3.63) is 34.6 Å². The number of nitrogens with zero attached hydrogens (tertiary/aromatic N) is 4. The number of aromatic nitrogens is 4. The maximum Gasteiger partial charge on any atom is 0.318 e. The molecule has 1 aromatic carbocycles. The Hall–Kier alpha value is -2.39. The Morgan fingerprint density at radius 1 is 1.27 bits per heavy atom. The summed E-state index contributed by atoms with van der Waals surface area (Å²) >= 11 is 1.24. The van der Waals surface area contributed by atoms with Crippen LogP contribution in [0.5, 0.6) is 0 Å². The summed E-state index contributed by atoms with van der Waals surface area (Å²) in [7, 11) is 2.98. The normalized spacial score (nSPS) is 12.6. The zero-order chi connectivity index (χ0) is 18.7. The van der Waals surface area contributed by atoms with Crippen LogP contribution in [0.15, 0.2) is 34.2 Å². The Morgan fingerprint density at radius 2 is 2.04 bits per heavy atom. The summed E-state index contributed by atoms with van der Waals surface area (Å²) in [6.45, 7) is 2.76. The standard InChI is InChI=1S/C17H20N4O4S/c1-11(15(23)25-3)26-17-19-18-16-20(9-6-10-24-2)14(22)12-7-4-5-8-13(12)21(16)17/h4-5,7-8,11H,6,9-10H2,1-3H3. The van der Waals surface area contributed by atoms with E-state index in [0.717, 1.165) is 0 Å². The van der Waals surface area contributed by atoms with Crippen LogP contribution in [0.25, 0.3) is 16.7 Å². The van der Waals surface area contributed by atoms with Gasteiger partial charge in [-0.2, -0.15) is 0 Å². The monoisotopic (exact) mass is 376 g/mol. The molecule has 2 heterocycles. The molecule has 2 aromatic heterocycles. The topological polar surface area (TPSA) is 87.7 Å². The van der Waals surface area contributed by atoms with E-state index >= 15 is 0 Å². The van der Waals surface area contributed by atoms with Gasteiger partial charge in [-0.15, -0.1) is 10.2 Å². The maximum absolute atomic E-state index is 12.9. The van der Waals surface area contributed by atoms with Crippen LogP contribution in [0.1, 0.15) is 13.3 Å². The molecule has 0 radical (unpaired) electrons. The van der Waals surface area contributed by atoms with Crippen molar-refractivity contribution in [3.63, 3.8) is 0 Å². The van der Waals surface area contributed by atoms with E-state index in [1.807, 2.05) is 22.6 Å². The third-order valence-electron chi connectivity index (χ3n) is 4.02. The number of carbonyl (C=O) groups is 1. The highest BCUT2D eigenvalue weighted by Gasteiger charge is 2.21. The van der Waals surface area contributed by atoms with Crippen molar-refractivity contribution < 1.29 is 14.3 Å². The number of carbonyl (C=O) groups excluding carboxylic acids is 1. The van der Waals surface area contributed by atoms with Crippen LogP contribution in [-0.2, 0) is 20.8 Å². The van der Waals surface area contributed by atoms with Crippen LogP contribution >= 0.6 is 11.8 Å². The molecule has 0 aliphatic carbocycles. The highest BCUT2D eigenvalue weighted by atomic mass is 32.2. The SMILES string of the molecule is COCCCn1c(=O)c2ccccc2n2c(SC(C)C(=O)OC)nnc12. The Bertz CT molecular complexity index is 997. The second-order valence-corrected chi connectivity index (χ2v) is 7.03. The van der Waals surface area contributed by atoms with Crippen molar-refractivity contribution >= 4 is 34.4 Å². The minimum atomic E-state index is -0.444. The Kier molecular flexibility index (Phi) is 5.58. The summed E-state index contributed by atoms with van der Waals surface area (Å²) in [5.74, 6) is 0.105. The third-order valence-corrected chi connectivity index (χ3v) is 5.04. The van der Waals surface area contributed by atoms with Crippen molar-refractivity contribution in [2.24, 2.45) is 0 Å². The predicted molar refractivity (Wildman–Crippen MR) is 98.6 cm³/mol. The molecule has 0 fully saturated rings. The number of hydrogen-bond donors (Lipinski definition) is 0. The van der Waals surface area contributed by atoms with Crippen molar-refractivity contribution in [1.82, 2.24) is 19.2 Å². The van der Waals surface area contributed by atoms with E-state index in [9.17, 15) is 9.59 Å². The predicted octanol–water partition coefficient (Wildman–Crippen LogP) is 1.73. The average molecular weight is 376 g/mol. The van der Waals surface area contributed by atoms with Gasteiger partial charge < -0.3 is 9.47 Å². The number of rotatable bonds is 7. The second-order valence-electron chi connectivity index (χ2n) is 5.72. The fraction of sp³-hybridized carbons (Fsp3) is 0.412. The molecule has 26 heavy (non-hydrogen) atoms. The summed E-state index contributed by atoms with van der Waals surface area (Å²) in [5, 5.41) is 9.08. The largest absolute Gasteiger partial charge is 0.468 e. The molecule has 9 heteroatoms. The number of para-hydroxylation sites is 1. The molecule has 138 valence electrons. The number of fused-ring (bicyclic) bond motifs is 3. The third kappa shape index (κ3) is 3.32. The Morgan fingerprint density at radius 3 is 2.77 bits per heavy atom. The minimum absolute atomic E-state index is 0.117. The molecule has 1 unspecified atom stereocenters. The summed E-state index contributed by atoms with van der Waals surface area (Å²) in [5.41, 5.74) is 0.592. The van der Waals surface area contributed by atoms with E-state index in [1.165, 1.54) is 18.9 Å². The maximum atomic E-state index is 12.9. The number of thioether (sulfide) groups is 1. The van der Waals surface area contributed by atoms with Gasteiger partial charge in [0.05, 0.1) is 18.0 Å². The van der Waals surface area contributed by atoms with Gasteiger partial charge in [-0.1, -0.05) is 23.9 Å². The van der Waals surface area contributed by atoms with E-state index in [0.29, 0.717) is 41.4 Å². The summed E-state index contributed by atoms with van der Waals surface area (Å²) < 4.78 is 13.3. The van der Waals surface area contributed by atoms with Gasteiger partial charge in [0.15, 0.2) is 5.16 Å². The highest BCUT2D eigenvalue weighted by molar-refractivity contribution is 8.00. The van der Waals surface area contributed by atoms with Gasteiger partial charge in [0.25, 0.3) is 5.56 Å². The van der Waals surface area contributed by atoms with Crippen molar-refractivity contribution in [2.75, 3.05) is 20.8 Å². The van der Waals surface area contributed by atoms with Crippen LogP contribution in [0.2, 0.25) is 0 Å². The molecule has 0 bridgehead atoms. The lowest BCUT2D eigenvalue weighted by atomic mass is 10.2. The molecule has 0 aliphatic heterocycles. The number of benzene rings is 1. The molecule has 0 N–H and O–H groups in total. The average Bonchev–Trinajstić information content (AvgIpc) is 3.07. The fourth-order valence-electron chi connectivity index (χ4n) is 2.75. The molecule has 0 amide bonds. The first-order valence-corrected chi connectivity index (χ1v) is 9.06. The van der Waals surface area contributed by atoms with E-state index in [-0.39, 0.29) is 11.5 Å². The van der Waals surface area contributed by atoms with Gasteiger partial charge in [0.2, 0.25) is 5.78 Å². The second kappa shape index (κ2) is 7.88. The van der Waals surface area contributed by atoms with Crippen LogP contribution < -0.4 is 5.56 Å². The number of esters is 1. The van der Waals surface area contributed by atoms with Gasteiger partial charge in [-0.3, -0.25) is 18.6 Å². The van der Waals surface area contributed by atoms with Gasteiger partial charge >= 0.3 is 5.97 Å². The number of ether oxygens (including phenoxy) is 2. The number of hydrogen-bond acceptors (Lipinski definition) is 7. The van der Waals surface area contributed by atoms with E-state index in [4.69, 9.17) is 9.47 Å². The number of methoxy groups -OCH3 is 2. The molecule has 0 spiro atoms. The first kappa shape index (κ1) is 18.4. The smallest absolute Gasteiger partial charge is 0.318 e. The van der Waals surface area contributed by atoms with Gasteiger partial charge in [0, 0.05) is 20.3 Å². The lowest BCUT2D eigenvalue weighted by molar-refractivity contribution is -0.139. The molecule has 0 saturated heterocycles. The minimum Gasteiger partial charge on any atom is -0.468 e. The Labute approximate surface area is 154 Å². The molecule has 3 rings (SSSR count). The highest BCUT2D eigenvalue weighted by Crippen LogP contribution is 2.25.